The summed E-state index contributed by atoms with van der Waals surface area (Å²) in [6.07, 6.45) is 1.69. The molecular formula is C28H32N4O3. The first kappa shape index (κ1) is 23.2. The minimum Gasteiger partial charge on any atom is -0.494 e. The molecule has 1 aliphatic rings. The number of hydrogen-bond donors (Lipinski definition) is 0. The van der Waals surface area contributed by atoms with Crippen molar-refractivity contribution < 1.29 is 14.2 Å². The molecule has 0 fully saturated rings. The highest BCUT2D eigenvalue weighted by atomic mass is 16.6. The van der Waals surface area contributed by atoms with Gasteiger partial charge in [0, 0.05) is 18.5 Å². The van der Waals surface area contributed by atoms with Gasteiger partial charge in [0.2, 0.25) is 0 Å². The Labute approximate surface area is 206 Å². The predicted molar refractivity (Wildman–Crippen MR) is 137 cm³/mol. The second kappa shape index (κ2) is 10.8. The highest BCUT2D eigenvalue weighted by Gasteiger charge is 2.15. The van der Waals surface area contributed by atoms with Crippen molar-refractivity contribution in [3.05, 3.63) is 72.1 Å². The van der Waals surface area contributed by atoms with Crippen LogP contribution in [-0.2, 0) is 6.42 Å². The first-order valence-corrected chi connectivity index (χ1v) is 12.4. The number of nitrogens with zero attached hydrogens (tertiary/aromatic N) is 4. The highest BCUT2D eigenvalue weighted by molar-refractivity contribution is 5.66. The standard InChI is InChI=1S/C28H32N4O3/c1-3-31(4-2)15-6-16-33-23-12-9-21(10-13-23)19-27-29-28-8-5-7-24(32(28)30-27)22-11-14-25-26(20-22)35-18-17-34-25/h5,7-14,20H,3-4,6,15-19H2,1-2H3. The number of hydrogen-bond acceptors (Lipinski definition) is 6. The summed E-state index contributed by atoms with van der Waals surface area (Å²) in [6.45, 7) is 9.50. The van der Waals surface area contributed by atoms with Crippen molar-refractivity contribution in [3.8, 4) is 28.5 Å². The van der Waals surface area contributed by atoms with Crippen molar-refractivity contribution in [3.63, 3.8) is 0 Å². The van der Waals surface area contributed by atoms with Gasteiger partial charge in [-0.25, -0.2) is 9.50 Å². The molecule has 0 amide bonds. The van der Waals surface area contributed by atoms with Crippen molar-refractivity contribution in [2.45, 2.75) is 26.7 Å². The molecular weight excluding hydrogens is 440 g/mol. The zero-order valence-electron chi connectivity index (χ0n) is 20.4. The van der Waals surface area contributed by atoms with E-state index in [2.05, 4.69) is 30.9 Å². The van der Waals surface area contributed by atoms with Gasteiger partial charge in [-0.1, -0.05) is 32.0 Å². The quantitative estimate of drug-likeness (QED) is 0.307. The molecule has 0 aliphatic carbocycles. The van der Waals surface area contributed by atoms with Gasteiger partial charge < -0.3 is 19.1 Å². The van der Waals surface area contributed by atoms with Crippen LogP contribution in [0.2, 0.25) is 0 Å². The molecule has 35 heavy (non-hydrogen) atoms. The summed E-state index contributed by atoms with van der Waals surface area (Å²) < 4.78 is 19.2. The molecule has 182 valence electrons. The minimum atomic E-state index is 0.564. The van der Waals surface area contributed by atoms with Gasteiger partial charge in [0.1, 0.15) is 19.0 Å². The first-order valence-electron chi connectivity index (χ1n) is 12.4. The maximum atomic E-state index is 5.92. The number of rotatable bonds is 10. The highest BCUT2D eigenvalue weighted by Crippen LogP contribution is 2.34. The van der Waals surface area contributed by atoms with E-state index in [1.54, 1.807) is 0 Å². The topological polar surface area (TPSA) is 61.1 Å². The maximum absolute atomic E-state index is 5.92. The molecule has 5 rings (SSSR count). The van der Waals surface area contributed by atoms with E-state index < -0.39 is 0 Å². The molecule has 0 saturated heterocycles. The van der Waals surface area contributed by atoms with Crippen LogP contribution in [-0.4, -0.2) is 59.0 Å². The fourth-order valence-electron chi connectivity index (χ4n) is 4.35. The van der Waals surface area contributed by atoms with Gasteiger partial charge >= 0.3 is 0 Å². The van der Waals surface area contributed by atoms with Crippen molar-refractivity contribution >= 4 is 5.65 Å². The minimum absolute atomic E-state index is 0.564. The molecule has 0 atom stereocenters. The molecule has 0 unspecified atom stereocenters. The molecule has 2 aromatic heterocycles. The fourth-order valence-corrected chi connectivity index (χ4v) is 4.35. The van der Waals surface area contributed by atoms with Crippen LogP contribution in [0.5, 0.6) is 17.2 Å². The summed E-state index contributed by atoms with van der Waals surface area (Å²) in [5.41, 5.74) is 3.95. The van der Waals surface area contributed by atoms with Crippen LogP contribution >= 0.6 is 0 Å². The SMILES string of the molecule is CCN(CC)CCCOc1ccc(Cc2nc3cccc(-c4ccc5c(c4)OCCO5)n3n2)cc1. The number of ether oxygens (including phenoxy) is 3. The van der Waals surface area contributed by atoms with E-state index in [1.165, 1.54) is 0 Å². The first-order chi connectivity index (χ1) is 17.2. The molecule has 1 aliphatic heterocycles. The van der Waals surface area contributed by atoms with Gasteiger partial charge in [-0.15, -0.1) is 0 Å². The smallest absolute Gasteiger partial charge is 0.162 e. The zero-order valence-corrected chi connectivity index (χ0v) is 20.4. The summed E-state index contributed by atoms with van der Waals surface area (Å²) in [7, 11) is 0. The van der Waals surface area contributed by atoms with Crippen LogP contribution in [0.4, 0.5) is 0 Å². The molecule has 0 bridgehead atoms. The molecule has 0 saturated carbocycles. The van der Waals surface area contributed by atoms with E-state index in [0.29, 0.717) is 19.6 Å². The number of benzene rings is 2. The Morgan fingerprint density at radius 2 is 1.74 bits per heavy atom. The Bertz CT molecular complexity index is 1270. The van der Waals surface area contributed by atoms with E-state index in [1.807, 2.05) is 53.0 Å². The third-order valence-electron chi connectivity index (χ3n) is 6.31. The number of pyridine rings is 1. The second-order valence-electron chi connectivity index (χ2n) is 8.62. The zero-order chi connectivity index (χ0) is 24.0. The summed E-state index contributed by atoms with van der Waals surface area (Å²) in [5.74, 6) is 3.23. The number of fused-ring (bicyclic) bond motifs is 2. The van der Waals surface area contributed by atoms with Crippen LogP contribution in [0.15, 0.2) is 60.7 Å². The normalized spacial score (nSPS) is 12.9. The van der Waals surface area contributed by atoms with Crippen LogP contribution in [0.3, 0.4) is 0 Å². The van der Waals surface area contributed by atoms with E-state index in [4.69, 9.17) is 24.3 Å². The summed E-state index contributed by atoms with van der Waals surface area (Å²) in [4.78, 5) is 7.17. The van der Waals surface area contributed by atoms with Crippen LogP contribution in [0.25, 0.3) is 16.9 Å². The monoisotopic (exact) mass is 472 g/mol. The average molecular weight is 473 g/mol. The van der Waals surface area contributed by atoms with Gasteiger partial charge in [-0.05, 0) is 67.5 Å². The van der Waals surface area contributed by atoms with E-state index in [-0.39, 0.29) is 0 Å². The van der Waals surface area contributed by atoms with Crippen molar-refractivity contribution in [1.82, 2.24) is 19.5 Å². The van der Waals surface area contributed by atoms with Crippen LogP contribution in [0, 0.1) is 0 Å². The van der Waals surface area contributed by atoms with Gasteiger partial charge in [0.05, 0.1) is 12.3 Å². The molecule has 0 N–H and O–H groups in total. The summed E-state index contributed by atoms with van der Waals surface area (Å²) in [5, 5.41) is 4.81. The Morgan fingerprint density at radius 1 is 0.943 bits per heavy atom. The maximum Gasteiger partial charge on any atom is 0.162 e. The van der Waals surface area contributed by atoms with E-state index in [0.717, 1.165) is 78.2 Å². The lowest BCUT2D eigenvalue weighted by atomic mass is 10.1. The van der Waals surface area contributed by atoms with E-state index in [9.17, 15) is 0 Å². The molecule has 0 spiro atoms. The second-order valence-corrected chi connectivity index (χ2v) is 8.62. The molecule has 3 heterocycles. The Hall–Kier alpha value is -3.58. The molecule has 7 nitrogen and oxygen atoms in total. The average Bonchev–Trinajstić information content (AvgIpc) is 3.32. The third-order valence-corrected chi connectivity index (χ3v) is 6.31. The molecule has 4 aromatic rings. The predicted octanol–water partition coefficient (Wildman–Crippen LogP) is 4.87. The van der Waals surface area contributed by atoms with Crippen LogP contribution in [0.1, 0.15) is 31.7 Å². The lowest BCUT2D eigenvalue weighted by Crippen LogP contribution is -2.25. The fraction of sp³-hybridized carbons (Fsp3) is 0.357. The Balaban J connectivity index is 1.26. The number of aromatic nitrogens is 3. The third kappa shape index (κ3) is 5.41. The lowest BCUT2D eigenvalue weighted by Gasteiger charge is -2.19. The summed E-state index contributed by atoms with van der Waals surface area (Å²) in [6, 6.07) is 20.3. The van der Waals surface area contributed by atoms with Gasteiger partial charge in [0.15, 0.2) is 23.0 Å². The molecule has 0 radical (unpaired) electrons. The van der Waals surface area contributed by atoms with Crippen molar-refractivity contribution in [2.24, 2.45) is 0 Å². The lowest BCUT2D eigenvalue weighted by molar-refractivity contribution is 0.171. The van der Waals surface area contributed by atoms with E-state index >= 15 is 0 Å². The largest absolute Gasteiger partial charge is 0.494 e. The van der Waals surface area contributed by atoms with Gasteiger partial charge in [0.25, 0.3) is 0 Å². The van der Waals surface area contributed by atoms with Crippen LogP contribution < -0.4 is 14.2 Å². The Morgan fingerprint density at radius 3 is 2.54 bits per heavy atom. The molecule has 2 aromatic carbocycles. The summed E-state index contributed by atoms with van der Waals surface area (Å²) >= 11 is 0. The Kier molecular flexibility index (Phi) is 7.14. The molecule has 7 heteroatoms. The van der Waals surface area contributed by atoms with Gasteiger partial charge in [-0.3, -0.25) is 0 Å². The van der Waals surface area contributed by atoms with Crippen molar-refractivity contribution in [2.75, 3.05) is 39.5 Å². The van der Waals surface area contributed by atoms with Crippen molar-refractivity contribution in [1.29, 1.82) is 0 Å². The van der Waals surface area contributed by atoms with Gasteiger partial charge in [-0.2, -0.15) is 5.10 Å².